The Morgan fingerprint density at radius 2 is 2.50 bits per heavy atom. The van der Waals surface area contributed by atoms with Gasteiger partial charge in [-0.25, -0.2) is 0 Å². The molecule has 1 heterocycles. The molecule has 0 spiro atoms. The van der Waals surface area contributed by atoms with Crippen LogP contribution in [-0.2, 0) is 4.74 Å². The quantitative estimate of drug-likeness (QED) is 0.689. The van der Waals surface area contributed by atoms with E-state index in [-0.39, 0.29) is 6.09 Å². The van der Waals surface area contributed by atoms with E-state index in [4.69, 9.17) is 4.74 Å². The molecule has 0 saturated carbocycles. The number of carbonyl (C=O) groups excluding carboxylic acids is 1. The summed E-state index contributed by atoms with van der Waals surface area (Å²) in [5, 5.41) is 0. The lowest BCUT2D eigenvalue weighted by molar-refractivity contribution is -0.586. The summed E-state index contributed by atoms with van der Waals surface area (Å²) in [5.74, 6) is 0. The van der Waals surface area contributed by atoms with Crippen molar-refractivity contribution in [2.24, 2.45) is 0 Å². The minimum Gasteiger partial charge on any atom is -0.412 e. The molecule has 0 N–H and O–H groups in total. The zero-order chi connectivity index (χ0) is 8.97. The van der Waals surface area contributed by atoms with Gasteiger partial charge in [0, 0.05) is 6.07 Å². The van der Waals surface area contributed by atoms with Crippen LogP contribution in [0.25, 0.3) is 0 Å². The second kappa shape index (κ2) is 4.21. The average molecular weight is 231 g/mol. The Kier molecular flexibility index (Phi) is 3.22. The Hall–Kier alpha value is -0.900. The van der Waals surface area contributed by atoms with E-state index in [0.717, 1.165) is 4.47 Å². The number of hydrogen-bond acceptors (Lipinski definition) is 2. The van der Waals surface area contributed by atoms with Crippen LogP contribution in [0.4, 0.5) is 4.79 Å². The fourth-order valence-electron chi connectivity index (χ4n) is 0.758. The van der Waals surface area contributed by atoms with E-state index in [2.05, 4.69) is 15.9 Å². The Labute approximate surface area is 79.1 Å². The van der Waals surface area contributed by atoms with E-state index in [1.165, 1.54) is 4.57 Å². The third-order valence-corrected chi connectivity index (χ3v) is 1.71. The maximum absolute atomic E-state index is 11.1. The molecule has 0 atom stereocenters. The van der Waals surface area contributed by atoms with Gasteiger partial charge in [-0.05, 0) is 28.9 Å². The van der Waals surface area contributed by atoms with E-state index in [9.17, 15) is 4.79 Å². The molecule has 0 aromatic carbocycles. The second-order valence-electron chi connectivity index (χ2n) is 2.13. The minimum absolute atomic E-state index is 0.362. The van der Waals surface area contributed by atoms with Gasteiger partial charge in [0.15, 0.2) is 12.4 Å². The second-order valence-corrected chi connectivity index (χ2v) is 3.04. The zero-order valence-electron chi connectivity index (χ0n) is 6.66. The van der Waals surface area contributed by atoms with Crippen LogP contribution in [0.3, 0.4) is 0 Å². The highest BCUT2D eigenvalue weighted by molar-refractivity contribution is 9.10. The Morgan fingerprint density at radius 1 is 1.75 bits per heavy atom. The molecule has 0 radical (unpaired) electrons. The SMILES string of the molecule is CCOC(=O)[n+]1cccc(Br)c1. The molecule has 12 heavy (non-hydrogen) atoms. The van der Waals surface area contributed by atoms with Crippen molar-refractivity contribution in [3.8, 4) is 0 Å². The van der Waals surface area contributed by atoms with Gasteiger partial charge < -0.3 is 4.74 Å². The predicted molar refractivity (Wildman–Crippen MR) is 46.8 cm³/mol. The van der Waals surface area contributed by atoms with Crippen molar-refractivity contribution in [2.75, 3.05) is 6.61 Å². The van der Waals surface area contributed by atoms with E-state index in [1.54, 1.807) is 25.4 Å². The van der Waals surface area contributed by atoms with E-state index >= 15 is 0 Å². The molecule has 1 rings (SSSR count). The summed E-state index contributed by atoms with van der Waals surface area (Å²) in [5.41, 5.74) is 0. The largest absolute Gasteiger partial charge is 0.601 e. The lowest BCUT2D eigenvalue weighted by Crippen LogP contribution is -2.42. The fourth-order valence-corrected chi connectivity index (χ4v) is 1.13. The predicted octanol–water partition coefficient (Wildman–Crippen LogP) is 1.74. The van der Waals surface area contributed by atoms with Gasteiger partial charge in [-0.2, -0.15) is 4.79 Å². The first-order valence-corrected chi connectivity index (χ1v) is 4.37. The van der Waals surface area contributed by atoms with Crippen molar-refractivity contribution in [1.29, 1.82) is 0 Å². The molecule has 0 unspecified atom stereocenters. The number of aromatic nitrogens is 1. The van der Waals surface area contributed by atoms with Gasteiger partial charge >= 0.3 is 6.09 Å². The standard InChI is InChI=1S/C8H9BrNO2/c1-2-12-8(11)10-5-3-4-7(9)6-10/h3-6H,2H2,1H3/q+1. The van der Waals surface area contributed by atoms with Crippen LogP contribution in [0.2, 0.25) is 0 Å². The molecule has 1 aromatic rings. The van der Waals surface area contributed by atoms with Crippen molar-refractivity contribution in [2.45, 2.75) is 6.92 Å². The van der Waals surface area contributed by atoms with Gasteiger partial charge in [0.1, 0.15) is 0 Å². The van der Waals surface area contributed by atoms with Crippen LogP contribution in [0.15, 0.2) is 29.0 Å². The maximum Gasteiger partial charge on any atom is 0.601 e. The summed E-state index contributed by atoms with van der Waals surface area (Å²) in [7, 11) is 0. The van der Waals surface area contributed by atoms with Crippen LogP contribution in [0, 0.1) is 0 Å². The molecule has 0 aliphatic rings. The molecule has 0 aliphatic heterocycles. The molecule has 0 bridgehead atoms. The molecular weight excluding hydrogens is 222 g/mol. The van der Waals surface area contributed by atoms with Crippen molar-refractivity contribution in [1.82, 2.24) is 0 Å². The number of carbonyl (C=O) groups is 1. The topological polar surface area (TPSA) is 30.2 Å². The van der Waals surface area contributed by atoms with Crippen LogP contribution < -0.4 is 4.57 Å². The molecule has 0 saturated heterocycles. The van der Waals surface area contributed by atoms with Crippen molar-refractivity contribution < 1.29 is 14.1 Å². The normalized spacial score (nSPS) is 9.50. The molecule has 4 heteroatoms. The summed E-state index contributed by atoms with van der Waals surface area (Å²) in [4.78, 5) is 11.1. The Morgan fingerprint density at radius 3 is 3.08 bits per heavy atom. The number of rotatable bonds is 1. The third-order valence-electron chi connectivity index (χ3n) is 1.24. The van der Waals surface area contributed by atoms with Crippen molar-refractivity contribution >= 4 is 22.0 Å². The number of pyridine rings is 1. The summed E-state index contributed by atoms with van der Waals surface area (Å²) >= 11 is 3.25. The van der Waals surface area contributed by atoms with Crippen LogP contribution in [0.1, 0.15) is 6.92 Å². The van der Waals surface area contributed by atoms with Crippen LogP contribution in [-0.4, -0.2) is 12.7 Å². The first kappa shape index (κ1) is 9.19. The van der Waals surface area contributed by atoms with Gasteiger partial charge in [-0.15, -0.1) is 0 Å². The maximum atomic E-state index is 11.1. The van der Waals surface area contributed by atoms with Gasteiger partial charge in [0.2, 0.25) is 0 Å². The van der Waals surface area contributed by atoms with E-state index < -0.39 is 0 Å². The minimum atomic E-state index is -0.362. The first-order chi connectivity index (χ1) is 5.74. The number of hydrogen-bond donors (Lipinski definition) is 0. The molecule has 64 valence electrons. The van der Waals surface area contributed by atoms with Gasteiger partial charge in [-0.3, -0.25) is 0 Å². The number of nitrogens with zero attached hydrogens (tertiary/aromatic N) is 1. The monoisotopic (exact) mass is 230 g/mol. The summed E-state index contributed by atoms with van der Waals surface area (Å²) in [6.45, 7) is 2.16. The van der Waals surface area contributed by atoms with E-state index in [0.29, 0.717) is 6.61 Å². The molecule has 0 fully saturated rings. The van der Waals surface area contributed by atoms with Crippen molar-refractivity contribution in [3.05, 3.63) is 29.0 Å². The molecule has 0 aliphatic carbocycles. The number of ether oxygens (including phenoxy) is 1. The van der Waals surface area contributed by atoms with Crippen LogP contribution >= 0.6 is 15.9 Å². The summed E-state index contributed by atoms with van der Waals surface area (Å²) in [6.07, 6.45) is 2.93. The smallest absolute Gasteiger partial charge is 0.412 e. The Bertz CT molecular complexity index is 288. The lowest BCUT2D eigenvalue weighted by atomic mass is 10.5. The zero-order valence-corrected chi connectivity index (χ0v) is 8.24. The third kappa shape index (κ3) is 2.30. The Balaban J connectivity index is 2.81. The molecule has 1 aromatic heterocycles. The van der Waals surface area contributed by atoms with Crippen molar-refractivity contribution in [3.63, 3.8) is 0 Å². The fraction of sp³-hybridized carbons (Fsp3) is 0.250. The highest BCUT2D eigenvalue weighted by Gasteiger charge is 2.14. The molecular formula is C8H9BrNO2+. The van der Waals surface area contributed by atoms with Gasteiger partial charge in [0.05, 0.1) is 11.1 Å². The molecule has 0 amide bonds. The van der Waals surface area contributed by atoms with Gasteiger partial charge in [0.25, 0.3) is 0 Å². The average Bonchev–Trinajstić information content (AvgIpc) is 2.05. The first-order valence-electron chi connectivity index (χ1n) is 3.58. The number of halogens is 1. The van der Waals surface area contributed by atoms with E-state index in [1.807, 2.05) is 6.07 Å². The van der Waals surface area contributed by atoms with Crippen LogP contribution in [0.5, 0.6) is 0 Å². The highest BCUT2D eigenvalue weighted by atomic mass is 79.9. The summed E-state index contributed by atoms with van der Waals surface area (Å²) in [6, 6.07) is 3.61. The summed E-state index contributed by atoms with van der Waals surface area (Å²) < 4.78 is 7.01. The van der Waals surface area contributed by atoms with Gasteiger partial charge in [-0.1, -0.05) is 4.57 Å². The lowest BCUT2D eigenvalue weighted by Gasteiger charge is -1.94. The molecule has 3 nitrogen and oxygen atoms in total. The highest BCUT2D eigenvalue weighted by Crippen LogP contribution is 2.02.